The molecule has 0 fully saturated rings. The molecule has 18 heavy (non-hydrogen) atoms. The molecule has 2 nitrogen and oxygen atoms in total. The fourth-order valence-electron chi connectivity index (χ4n) is 1.33. The molecule has 1 aromatic carbocycles. The van der Waals surface area contributed by atoms with Crippen molar-refractivity contribution in [1.29, 1.82) is 0 Å². The zero-order valence-corrected chi connectivity index (χ0v) is 9.23. The molecule has 0 aliphatic heterocycles. The molecule has 96 valence electrons. The maximum Gasteiger partial charge on any atom is 0.365 e. The van der Waals surface area contributed by atoms with Crippen LogP contribution < -0.4 is 0 Å². The second-order valence-corrected chi connectivity index (χ2v) is 3.76. The first-order valence-electron chi connectivity index (χ1n) is 4.62. The minimum Gasteiger partial charge on any atom is -0.224 e. The molecule has 0 unspecified atom stereocenters. The van der Waals surface area contributed by atoms with Gasteiger partial charge in [0, 0.05) is 5.39 Å². The Morgan fingerprint density at radius 1 is 1.17 bits per heavy atom. The van der Waals surface area contributed by atoms with E-state index >= 15 is 0 Å². The Balaban J connectivity index is 2.73. The van der Waals surface area contributed by atoms with Gasteiger partial charge in [0.2, 0.25) is 5.82 Å². The largest absolute Gasteiger partial charge is 0.365 e. The highest BCUT2D eigenvalue weighted by Gasteiger charge is 2.46. The van der Waals surface area contributed by atoms with E-state index < -0.39 is 34.7 Å². The van der Waals surface area contributed by atoms with Gasteiger partial charge in [-0.1, -0.05) is 17.7 Å². The van der Waals surface area contributed by atoms with Crippen LogP contribution in [0.4, 0.5) is 22.0 Å². The van der Waals surface area contributed by atoms with E-state index in [0.29, 0.717) is 0 Å². The summed E-state index contributed by atoms with van der Waals surface area (Å²) < 4.78 is 63.8. The number of benzene rings is 1. The predicted molar refractivity (Wildman–Crippen MR) is 54.4 cm³/mol. The second-order valence-electron chi connectivity index (χ2n) is 3.40. The summed E-state index contributed by atoms with van der Waals surface area (Å²) in [6.45, 7) is 0. The summed E-state index contributed by atoms with van der Waals surface area (Å²) in [4.78, 5) is 6.22. The molecule has 0 radical (unpaired) electrons. The molecule has 0 saturated heterocycles. The molecule has 0 N–H and O–H groups in total. The predicted octanol–water partition coefficient (Wildman–Crippen LogP) is 3.78. The van der Waals surface area contributed by atoms with Gasteiger partial charge in [-0.3, -0.25) is 0 Å². The molecule has 0 aliphatic rings. The number of rotatable bonds is 2. The highest BCUT2D eigenvalue weighted by atomic mass is 35.5. The molecular weight excluding hydrogens is 279 g/mol. The lowest BCUT2D eigenvalue weighted by Crippen LogP contribution is -2.26. The fraction of sp³-hybridized carbons (Fsp3) is 0.200. The van der Waals surface area contributed by atoms with Crippen molar-refractivity contribution < 1.29 is 22.0 Å². The molecule has 2 aromatic rings. The average molecular weight is 283 g/mol. The molecule has 0 amide bonds. The minimum absolute atomic E-state index is 0.0227. The van der Waals surface area contributed by atoms with Crippen LogP contribution >= 0.6 is 11.6 Å². The van der Waals surface area contributed by atoms with E-state index in [9.17, 15) is 22.0 Å². The Kier molecular flexibility index (Phi) is 3.10. The van der Waals surface area contributed by atoms with Crippen molar-refractivity contribution >= 4 is 22.5 Å². The van der Waals surface area contributed by atoms with Gasteiger partial charge in [-0.25, -0.2) is 23.1 Å². The van der Waals surface area contributed by atoms with Crippen molar-refractivity contribution in [2.45, 2.75) is 12.3 Å². The van der Waals surface area contributed by atoms with Crippen LogP contribution in [0.2, 0.25) is 5.15 Å². The van der Waals surface area contributed by atoms with Gasteiger partial charge < -0.3 is 0 Å². The molecule has 8 heteroatoms. The number of aromatic nitrogens is 2. The Morgan fingerprint density at radius 3 is 2.44 bits per heavy atom. The number of nitrogens with zero attached hydrogens (tertiary/aromatic N) is 2. The molecule has 0 spiro atoms. The third kappa shape index (κ3) is 1.98. The first-order valence-corrected chi connectivity index (χ1v) is 5.00. The number of alkyl halides is 4. The highest BCUT2D eigenvalue weighted by Crippen LogP contribution is 2.34. The van der Waals surface area contributed by atoms with Crippen LogP contribution in [0.3, 0.4) is 0 Å². The summed E-state index contributed by atoms with van der Waals surface area (Å²) in [5, 5.41) is -0.527. The number of hydrogen-bond acceptors (Lipinski definition) is 2. The van der Waals surface area contributed by atoms with Gasteiger partial charge in [-0.2, -0.15) is 8.78 Å². The van der Waals surface area contributed by atoms with Crippen LogP contribution in [-0.2, 0) is 5.92 Å². The molecule has 0 bridgehead atoms. The molecule has 1 aromatic heterocycles. The topological polar surface area (TPSA) is 25.8 Å². The van der Waals surface area contributed by atoms with E-state index in [2.05, 4.69) is 9.97 Å². The van der Waals surface area contributed by atoms with Crippen LogP contribution in [0.25, 0.3) is 10.9 Å². The van der Waals surface area contributed by atoms with Gasteiger partial charge in [0.15, 0.2) is 0 Å². The normalized spacial score (nSPS) is 12.4. The maximum atomic E-state index is 13.4. The van der Waals surface area contributed by atoms with Gasteiger partial charge in [0.25, 0.3) is 0 Å². The van der Waals surface area contributed by atoms with Crippen LogP contribution in [0, 0.1) is 5.82 Å². The summed E-state index contributed by atoms with van der Waals surface area (Å²) in [6.07, 6.45) is -4.00. The van der Waals surface area contributed by atoms with Gasteiger partial charge >= 0.3 is 12.3 Å². The van der Waals surface area contributed by atoms with E-state index in [0.717, 1.165) is 6.07 Å². The fourth-order valence-corrected chi connectivity index (χ4v) is 1.56. The highest BCUT2D eigenvalue weighted by molar-refractivity contribution is 6.34. The average Bonchev–Trinajstić information content (AvgIpc) is 2.30. The van der Waals surface area contributed by atoms with Gasteiger partial charge in [-0.05, 0) is 12.1 Å². The van der Waals surface area contributed by atoms with Crippen LogP contribution in [0.1, 0.15) is 5.82 Å². The molecule has 2 rings (SSSR count). The number of fused-ring (bicyclic) bond motifs is 1. The van der Waals surface area contributed by atoms with E-state index in [1.165, 1.54) is 12.1 Å². The Bertz CT molecular complexity index is 602. The van der Waals surface area contributed by atoms with Crippen LogP contribution in [-0.4, -0.2) is 16.4 Å². The first-order chi connectivity index (χ1) is 8.34. The minimum atomic E-state index is -4.58. The quantitative estimate of drug-likeness (QED) is 0.619. The van der Waals surface area contributed by atoms with Crippen molar-refractivity contribution in [2.75, 3.05) is 0 Å². The van der Waals surface area contributed by atoms with Crippen molar-refractivity contribution in [3.8, 4) is 0 Å². The SMILES string of the molecule is Fc1cccc2c(Cl)nc(C(F)(F)C(F)F)nc12. The van der Waals surface area contributed by atoms with Crippen LogP contribution in [0.5, 0.6) is 0 Å². The molecule has 1 heterocycles. The molecular formula is C10H4ClF5N2. The molecule has 0 saturated carbocycles. The third-order valence-corrected chi connectivity index (χ3v) is 2.49. The maximum absolute atomic E-state index is 13.4. The summed E-state index contributed by atoms with van der Waals surface area (Å²) in [7, 11) is 0. The van der Waals surface area contributed by atoms with Crippen LogP contribution in [0.15, 0.2) is 18.2 Å². The monoisotopic (exact) mass is 282 g/mol. The van der Waals surface area contributed by atoms with E-state index in [1.807, 2.05) is 0 Å². The third-order valence-electron chi connectivity index (χ3n) is 2.20. The lowest BCUT2D eigenvalue weighted by molar-refractivity contribution is -0.140. The Labute approximate surface area is 102 Å². The van der Waals surface area contributed by atoms with Gasteiger partial charge in [-0.15, -0.1) is 0 Å². The summed E-state index contributed by atoms with van der Waals surface area (Å²) in [5.41, 5.74) is -0.521. The lowest BCUT2D eigenvalue weighted by Gasteiger charge is -2.14. The summed E-state index contributed by atoms with van der Waals surface area (Å²) >= 11 is 5.55. The number of hydrogen-bond donors (Lipinski definition) is 0. The van der Waals surface area contributed by atoms with Crippen molar-refractivity contribution in [3.63, 3.8) is 0 Å². The van der Waals surface area contributed by atoms with Crippen molar-refractivity contribution in [3.05, 3.63) is 35.0 Å². The summed E-state index contributed by atoms with van der Waals surface area (Å²) in [5.74, 6) is -7.02. The first kappa shape index (κ1) is 12.9. The second kappa shape index (κ2) is 4.31. The number of para-hydroxylation sites is 1. The van der Waals surface area contributed by atoms with Gasteiger partial charge in [0.05, 0.1) is 0 Å². The van der Waals surface area contributed by atoms with Crippen molar-refractivity contribution in [1.82, 2.24) is 9.97 Å². The van der Waals surface area contributed by atoms with Crippen molar-refractivity contribution in [2.24, 2.45) is 0 Å². The summed E-state index contributed by atoms with van der Waals surface area (Å²) in [6, 6.07) is 3.53. The molecule has 0 aliphatic carbocycles. The number of halogens is 6. The zero-order valence-electron chi connectivity index (χ0n) is 8.47. The molecule has 0 atom stereocenters. The smallest absolute Gasteiger partial charge is 0.224 e. The van der Waals surface area contributed by atoms with E-state index in [4.69, 9.17) is 11.6 Å². The van der Waals surface area contributed by atoms with E-state index in [-0.39, 0.29) is 5.39 Å². The lowest BCUT2D eigenvalue weighted by atomic mass is 10.2. The van der Waals surface area contributed by atoms with E-state index in [1.54, 1.807) is 0 Å². The van der Waals surface area contributed by atoms with Gasteiger partial charge in [0.1, 0.15) is 16.5 Å². The standard InChI is InChI=1S/C10H4ClF5N2/c11-7-4-2-1-3-5(12)6(4)17-9(18-7)10(15,16)8(13)14/h1-3,8H. The Hall–Kier alpha value is -1.50. The Morgan fingerprint density at radius 2 is 1.83 bits per heavy atom. The zero-order chi connectivity index (χ0) is 13.5.